The molecule has 4 aromatic rings. The van der Waals surface area contributed by atoms with Crippen LogP contribution in [0.1, 0.15) is 35.6 Å². The highest BCUT2D eigenvalue weighted by Crippen LogP contribution is 2.25. The highest BCUT2D eigenvalue weighted by molar-refractivity contribution is 6.11. The van der Waals surface area contributed by atoms with E-state index in [1.54, 1.807) is 6.92 Å². The molecule has 0 aliphatic heterocycles. The number of rotatable bonds is 7. The van der Waals surface area contributed by atoms with E-state index in [1.165, 1.54) is 11.1 Å². The topological polar surface area (TPSA) is 43.6 Å². The number of hydrogen-bond donors (Lipinski definition) is 0. The highest BCUT2D eigenvalue weighted by Gasteiger charge is 2.16. The zero-order valence-corrected chi connectivity index (χ0v) is 17.9. The SMILES string of the molecule is CCC(=O)O/N=C(\Cc1ccccc1C)c1cn(Cc2ccccc2)c2ccccc12. The zero-order chi connectivity index (χ0) is 21.6. The van der Waals surface area contributed by atoms with Crippen molar-refractivity contribution < 1.29 is 9.63 Å². The molecule has 3 aromatic carbocycles. The number of nitrogens with zero attached hydrogens (tertiary/aromatic N) is 2. The smallest absolute Gasteiger partial charge is 0.334 e. The van der Waals surface area contributed by atoms with Gasteiger partial charge in [0.15, 0.2) is 0 Å². The number of fused-ring (bicyclic) bond motifs is 1. The third-order valence-electron chi connectivity index (χ3n) is 5.46. The van der Waals surface area contributed by atoms with Crippen LogP contribution in [0.4, 0.5) is 0 Å². The molecule has 1 aromatic heterocycles. The van der Waals surface area contributed by atoms with Gasteiger partial charge in [0.25, 0.3) is 0 Å². The van der Waals surface area contributed by atoms with E-state index in [4.69, 9.17) is 4.84 Å². The van der Waals surface area contributed by atoms with Gasteiger partial charge in [-0.25, -0.2) is 4.79 Å². The summed E-state index contributed by atoms with van der Waals surface area (Å²) in [5.74, 6) is -0.338. The Bertz CT molecular complexity index is 1220. The fourth-order valence-electron chi connectivity index (χ4n) is 3.72. The molecule has 0 N–H and O–H groups in total. The van der Waals surface area contributed by atoms with Crippen LogP contribution in [0, 0.1) is 6.92 Å². The number of oxime groups is 1. The first-order chi connectivity index (χ1) is 15.2. The average Bonchev–Trinajstić information content (AvgIpc) is 3.16. The van der Waals surface area contributed by atoms with Crippen molar-refractivity contribution in [1.82, 2.24) is 4.57 Å². The molecule has 0 atom stereocenters. The fourth-order valence-corrected chi connectivity index (χ4v) is 3.72. The lowest BCUT2D eigenvalue weighted by Gasteiger charge is -2.08. The molecule has 0 unspecified atom stereocenters. The molecule has 156 valence electrons. The molecule has 4 heteroatoms. The molecule has 0 bridgehead atoms. The number of hydrogen-bond acceptors (Lipinski definition) is 3. The third-order valence-corrected chi connectivity index (χ3v) is 5.46. The first-order valence-corrected chi connectivity index (χ1v) is 10.6. The molecule has 0 fully saturated rings. The number of aryl methyl sites for hydroxylation is 1. The maximum atomic E-state index is 11.8. The van der Waals surface area contributed by atoms with Crippen LogP contribution in [0.2, 0.25) is 0 Å². The quantitative estimate of drug-likeness (QED) is 0.216. The highest BCUT2D eigenvalue weighted by atomic mass is 16.7. The third kappa shape index (κ3) is 4.75. The standard InChI is InChI=1S/C27H26N2O2/c1-3-27(30)31-28-25(17-22-14-8-7-11-20(22)2)24-19-29(18-21-12-5-4-6-13-21)26-16-10-9-15-23(24)26/h4-16,19H,3,17-18H2,1-2H3/b28-25+. The molecule has 0 saturated heterocycles. The van der Waals surface area contributed by atoms with Crippen LogP contribution in [0.25, 0.3) is 10.9 Å². The Morgan fingerprint density at radius 1 is 0.935 bits per heavy atom. The van der Waals surface area contributed by atoms with E-state index in [-0.39, 0.29) is 12.4 Å². The first-order valence-electron chi connectivity index (χ1n) is 10.6. The monoisotopic (exact) mass is 410 g/mol. The Balaban J connectivity index is 1.79. The van der Waals surface area contributed by atoms with E-state index in [0.717, 1.165) is 34.3 Å². The summed E-state index contributed by atoms with van der Waals surface area (Å²) >= 11 is 0. The predicted octanol–water partition coefficient (Wildman–Crippen LogP) is 5.90. The van der Waals surface area contributed by atoms with Crippen LogP contribution in [0.3, 0.4) is 0 Å². The number of carbonyl (C=O) groups excluding carboxylic acids is 1. The van der Waals surface area contributed by atoms with Gasteiger partial charge in [-0.1, -0.05) is 84.9 Å². The van der Waals surface area contributed by atoms with Gasteiger partial charge in [-0.05, 0) is 29.7 Å². The summed E-state index contributed by atoms with van der Waals surface area (Å²) in [4.78, 5) is 17.1. The maximum Gasteiger partial charge on any atom is 0.334 e. The van der Waals surface area contributed by atoms with E-state index < -0.39 is 0 Å². The van der Waals surface area contributed by atoms with Crippen molar-refractivity contribution in [2.75, 3.05) is 0 Å². The lowest BCUT2D eigenvalue weighted by Crippen LogP contribution is -2.09. The van der Waals surface area contributed by atoms with E-state index >= 15 is 0 Å². The van der Waals surface area contributed by atoms with Gasteiger partial charge in [0, 0.05) is 42.0 Å². The average molecular weight is 411 g/mol. The van der Waals surface area contributed by atoms with Crippen molar-refractivity contribution in [1.29, 1.82) is 0 Å². The molecule has 0 amide bonds. The zero-order valence-electron chi connectivity index (χ0n) is 17.9. The molecular weight excluding hydrogens is 384 g/mol. The van der Waals surface area contributed by atoms with E-state index in [9.17, 15) is 4.79 Å². The van der Waals surface area contributed by atoms with E-state index in [2.05, 4.69) is 71.4 Å². The van der Waals surface area contributed by atoms with Gasteiger partial charge in [-0.15, -0.1) is 0 Å². The van der Waals surface area contributed by atoms with Crippen LogP contribution in [-0.2, 0) is 22.6 Å². The lowest BCUT2D eigenvalue weighted by molar-refractivity contribution is -0.143. The second-order valence-corrected chi connectivity index (χ2v) is 7.63. The molecule has 4 rings (SSSR count). The van der Waals surface area contributed by atoms with Crippen molar-refractivity contribution in [2.45, 2.75) is 33.2 Å². The van der Waals surface area contributed by atoms with Crippen LogP contribution < -0.4 is 0 Å². The molecule has 0 radical (unpaired) electrons. The summed E-state index contributed by atoms with van der Waals surface area (Å²) in [5, 5.41) is 5.42. The summed E-state index contributed by atoms with van der Waals surface area (Å²) < 4.78 is 2.23. The Morgan fingerprint density at radius 3 is 2.42 bits per heavy atom. The predicted molar refractivity (Wildman–Crippen MR) is 125 cm³/mol. The van der Waals surface area contributed by atoms with Gasteiger partial charge < -0.3 is 9.40 Å². The second-order valence-electron chi connectivity index (χ2n) is 7.63. The molecule has 0 saturated carbocycles. The molecular formula is C27H26N2O2. The summed E-state index contributed by atoms with van der Waals surface area (Å²) in [7, 11) is 0. The number of aromatic nitrogens is 1. The molecule has 1 heterocycles. The minimum Gasteiger partial charge on any atom is -0.342 e. The van der Waals surface area contributed by atoms with Gasteiger partial charge >= 0.3 is 5.97 Å². The van der Waals surface area contributed by atoms with Gasteiger partial charge in [-0.2, -0.15) is 0 Å². The number of benzene rings is 3. The van der Waals surface area contributed by atoms with Crippen LogP contribution in [-0.4, -0.2) is 16.2 Å². The molecule has 31 heavy (non-hydrogen) atoms. The summed E-state index contributed by atoms with van der Waals surface area (Å²) in [6, 6.07) is 26.9. The Hall–Kier alpha value is -3.66. The molecule has 0 spiro atoms. The van der Waals surface area contributed by atoms with E-state index in [1.807, 2.05) is 30.3 Å². The van der Waals surface area contributed by atoms with Crippen molar-refractivity contribution in [3.8, 4) is 0 Å². The second kappa shape index (κ2) is 9.43. The summed E-state index contributed by atoms with van der Waals surface area (Å²) in [6.45, 7) is 4.61. The Kier molecular flexibility index (Phi) is 6.27. The summed E-state index contributed by atoms with van der Waals surface area (Å²) in [6.07, 6.45) is 2.99. The number of para-hydroxylation sites is 1. The van der Waals surface area contributed by atoms with Gasteiger partial charge in [0.1, 0.15) is 0 Å². The largest absolute Gasteiger partial charge is 0.342 e. The van der Waals surface area contributed by atoms with Crippen LogP contribution in [0.15, 0.2) is 90.2 Å². The van der Waals surface area contributed by atoms with Crippen LogP contribution in [0.5, 0.6) is 0 Å². The molecule has 4 nitrogen and oxygen atoms in total. The fraction of sp³-hybridized carbons (Fsp3) is 0.185. The molecule has 0 aliphatic carbocycles. The van der Waals surface area contributed by atoms with Gasteiger partial charge in [-0.3, -0.25) is 0 Å². The van der Waals surface area contributed by atoms with Crippen molar-refractivity contribution >= 4 is 22.6 Å². The number of carbonyl (C=O) groups is 1. The molecule has 0 aliphatic rings. The first kappa shape index (κ1) is 20.6. The Morgan fingerprint density at radius 2 is 1.65 bits per heavy atom. The van der Waals surface area contributed by atoms with Gasteiger partial charge in [0.2, 0.25) is 0 Å². The summed E-state index contributed by atoms with van der Waals surface area (Å²) in [5.41, 5.74) is 6.43. The maximum absolute atomic E-state index is 11.8. The minimum atomic E-state index is -0.338. The van der Waals surface area contributed by atoms with E-state index in [0.29, 0.717) is 6.42 Å². The Labute approximate surface area is 182 Å². The minimum absolute atomic E-state index is 0.289. The lowest BCUT2D eigenvalue weighted by atomic mass is 9.98. The van der Waals surface area contributed by atoms with Gasteiger partial charge in [0.05, 0.1) is 5.71 Å². The van der Waals surface area contributed by atoms with Crippen LogP contribution >= 0.6 is 0 Å². The normalized spacial score (nSPS) is 11.6. The van der Waals surface area contributed by atoms with Crippen molar-refractivity contribution in [3.63, 3.8) is 0 Å². The van der Waals surface area contributed by atoms with Crippen molar-refractivity contribution in [3.05, 3.63) is 107 Å². The van der Waals surface area contributed by atoms with Crippen molar-refractivity contribution in [2.24, 2.45) is 5.16 Å².